The van der Waals surface area contributed by atoms with Crippen molar-refractivity contribution >= 4 is 11.8 Å². The number of carbonyl (C=O) groups excluding carboxylic acids is 2. The van der Waals surface area contributed by atoms with Gasteiger partial charge in [0, 0.05) is 32.8 Å². The summed E-state index contributed by atoms with van der Waals surface area (Å²) < 4.78 is 10.2. The van der Waals surface area contributed by atoms with Gasteiger partial charge in [0.15, 0.2) is 5.76 Å². The van der Waals surface area contributed by atoms with Gasteiger partial charge in [-0.2, -0.15) is 0 Å². The standard InChI is InChI=1S/C13H18N2O4/c1-2-18-10-12(16)14-5-7-15(8-6-14)13(17)11-4-3-9-19-11/h3-4,9H,2,5-8,10H2,1H3. The predicted octanol–water partition coefficient (Wildman–Crippen LogP) is 0.600. The van der Waals surface area contributed by atoms with E-state index in [9.17, 15) is 9.59 Å². The molecule has 1 aliphatic rings. The molecule has 0 radical (unpaired) electrons. The van der Waals surface area contributed by atoms with E-state index in [-0.39, 0.29) is 18.4 Å². The number of nitrogens with zero attached hydrogens (tertiary/aromatic N) is 2. The number of hydrogen-bond donors (Lipinski definition) is 0. The number of amides is 2. The quantitative estimate of drug-likeness (QED) is 0.800. The van der Waals surface area contributed by atoms with Crippen LogP contribution in [-0.2, 0) is 9.53 Å². The molecule has 2 amide bonds. The van der Waals surface area contributed by atoms with Crippen molar-refractivity contribution in [1.29, 1.82) is 0 Å². The molecule has 104 valence electrons. The Morgan fingerprint density at radius 1 is 1.26 bits per heavy atom. The molecule has 1 aromatic rings. The van der Waals surface area contributed by atoms with Gasteiger partial charge in [-0.1, -0.05) is 0 Å². The van der Waals surface area contributed by atoms with Gasteiger partial charge in [0.25, 0.3) is 5.91 Å². The maximum Gasteiger partial charge on any atom is 0.289 e. The molecule has 0 saturated carbocycles. The van der Waals surface area contributed by atoms with Gasteiger partial charge in [0.1, 0.15) is 6.61 Å². The minimum Gasteiger partial charge on any atom is -0.459 e. The van der Waals surface area contributed by atoms with Crippen molar-refractivity contribution in [3.63, 3.8) is 0 Å². The number of furan rings is 1. The minimum atomic E-state index is -0.123. The summed E-state index contributed by atoms with van der Waals surface area (Å²) in [4.78, 5) is 27.2. The molecule has 6 heteroatoms. The fraction of sp³-hybridized carbons (Fsp3) is 0.538. The number of rotatable bonds is 4. The fourth-order valence-electron chi connectivity index (χ4n) is 2.00. The highest BCUT2D eigenvalue weighted by Crippen LogP contribution is 2.09. The first-order valence-corrected chi connectivity index (χ1v) is 6.40. The summed E-state index contributed by atoms with van der Waals surface area (Å²) in [5.74, 6) is 0.197. The summed E-state index contributed by atoms with van der Waals surface area (Å²) in [6, 6.07) is 3.34. The third-order valence-electron chi connectivity index (χ3n) is 3.08. The monoisotopic (exact) mass is 266 g/mol. The second-order valence-corrected chi connectivity index (χ2v) is 4.29. The first-order valence-electron chi connectivity index (χ1n) is 6.40. The molecule has 0 aromatic carbocycles. The van der Waals surface area contributed by atoms with Gasteiger partial charge >= 0.3 is 0 Å². The molecule has 1 saturated heterocycles. The van der Waals surface area contributed by atoms with Crippen molar-refractivity contribution in [1.82, 2.24) is 9.80 Å². The molecule has 0 bridgehead atoms. The molecule has 6 nitrogen and oxygen atoms in total. The van der Waals surface area contributed by atoms with Crippen LogP contribution in [0.25, 0.3) is 0 Å². The molecule has 0 spiro atoms. The Kier molecular flexibility index (Phi) is 4.57. The Bertz CT molecular complexity index is 422. The van der Waals surface area contributed by atoms with Crippen LogP contribution in [0, 0.1) is 0 Å². The maximum absolute atomic E-state index is 12.0. The van der Waals surface area contributed by atoms with Crippen molar-refractivity contribution in [2.45, 2.75) is 6.92 Å². The van der Waals surface area contributed by atoms with Gasteiger partial charge in [-0.25, -0.2) is 0 Å². The summed E-state index contributed by atoms with van der Waals surface area (Å²) in [5.41, 5.74) is 0. The molecule has 0 aliphatic carbocycles. The van der Waals surface area contributed by atoms with Crippen LogP contribution in [0.3, 0.4) is 0 Å². The second kappa shape index (κ2) is 6.38. The highest BCUT2D eigenvalue weighted by atomic mass is 16.5. The molecule has 0 N–H and O–H groups in total. The Labute approximate surface area is 111 Å². The summed E-state index contributed by atoms with van der Waals surface area (Å²) in [6.07, 6.45) is 1.48. The lowest BCUT2D eigenvalue weighted by Gasteiger charge is -2.34. The average Bonchev–Trinajstić information content (AvgIpc) is 2.98. The van der Waals surface area contributed by atoms with Crippen molar-refractivity contribution in [3.8, 4) is 0 Å². The third-order valence-corrected chi connectivity index (χ3v) is 3.08. The van der Waals surface area contributed by atoms with Crippen molar-refractivity contribution in [3.05, 3.63) is 24.2 Å². The number of ether oxygens (including phenoxy) is 1. The summed E-state index contributed by atoms with van der Waals surface area (Å²) in [7, 11) is 0. The van der Waals surface area contributed by atoms with E-state index in [4.69, 9.17) is 9.15 Å². The van der Waals surface area contributed by atoms with Gasteiger partial charge < -0.3 is 19.0 Å². The summed E-state index contributed by atoms with van der Waals surface area (Å²) >= 11 is 0. The van der Waals surface area contributed by atoms with E-state index in [0.717, 1.165) is 0 Å². The number of carbonyl (C=O) groups is 2. The van der Waals surface area contributed by atoms with Gasteiger partial charge in [-0.05, 0) is 19.1 Å². The SMILES string of the molecule is CCOCC(=O)N1CCN(C(=O)c2ccco2)CC1. The first-order chi connectivity index (χ1) is 9.22. The molecule has 2 heterocycles. The summed E-state index contributed by atoms with van der Waals surface area (Å²) in [6.45, 7) is 4.63. The second-order valence-electron chi connectivity index (χ2n) is 4.29. The minimum absolute atomic E-state index is 0.0213. The van der Waals surface area contributed by atoms with Crippen LogP contribution in [0.1, 0.15) is 17.5 Å². The van der Waals surface area contributed by atoms with Gasteiger partial charge in [-0.15, -0.1) is 0 Å². The van der Waals surface area contributed by atoms with Crippen LogP contribution in [0.15, 0.2) is 22.8 Å². The predicted molar refractivity (Wildman–Crippen MR) is 67.7 cm³/mol. The molecule has 1 aromatic heterocycles. The zero-order valence-corrected chi connectivity index (χ0v) is 11.0. The highest BCUT2D eigenvalue weighted by molar-refractivity contribution is 5.91. The van der Waals surface area contributed by atoms with E-state index in [1.54, 1.807) is 21.9 Å². The molecule has 1 aliphatic heterocycles. The van der Waals surface area contributed by atoms with Gasteiger partial charge in [0.05, 0.1) is 6.26 Å². The van der Waals surface area contributed by atoms with Crippen LogP contribution in [0.5, 0.6) is 0 Å². The van der Waals surface area contributed by atoms with Gasteiger partial charge in [0.2, 0.25) is 5.91 Å². The molecule has 2 rings (SSSR count). The van der Waals surface area contributed by atoms with E-state index in [1.165, 1.54) is 6.26 Å². The van der Waals surface area contributed by atoms with E-state index < -0.39 is 0 Å². The van der Waals surface area contributed by atoms with E-state index >= 15 is 0 Å². The molecular weight excluding hydrogens is 248 g/mol. The molecule has 1 fully saturated rings. The van der Waals surface area contributed by atoms with Crippen molar-refractivity contribution in [2.24, 2.45) is 0 Å². The van der Waals surface area contributed by atoms with Crippen molar-refractivity contribution < 1.29 is 18.7 Å². The van der Waals surface area contributed by atoms with Crippen LogP contribution < -0.4 is 0 Å². The lowest BCUT2D eigenvalue weighted by molar-refractivity contribution is -0.137. The van der Waals surface area contributed by atoms with E-state index in [1.807, 2.05) is 6.92 Å². The number of hydrogen-bond acceptors (Lipinski definition) is 4. The third kappa shape index (κ3) is 3.35. The number of piperazine rings is 1. The molecule has 19 heavy (non-hydrogen) atoms. The molecule has 0 atom stereocenters. The Morgan fingerprint density at radius 2 is 1.95 bits per heavy atom. The zero-order chi connectivity index (χ0) is 13.7. The largest absolute Gasteiger partial charge is 0.459 e. The average molecular weight is 266 g/mol. The fourth-order valence-corrected chi connectivity index (χ4v) is 2.00. The highest BCUT2D eigenvalue weighted by Gasteiger charge is 2.25. The molecular formula is C13H18N2O4. The van der Waals surface area contributed by atoms with E-state index in [2.05, 4.69) is 0 Å². The topological polar surface area (TPSA) is 63.0 Å². The maximum atomic E-state index is 12.0. The first kappa shape index (κ1) is 13.6. The molecule has 0 unspecified atom stereocenters. The lowest BCUT2D eigenvalue weighted by Crippen LogP contribution is -2.51. The van der Waals surface area contributed by atoms with Crippen molar-refractivity contribution in [2.75, 3.05) is 39.4 Å². The smallest absolute Gasteiger partial charge is 0.289 e. The van der Waals surface area contributed by atoms with E-state index in [0.29, 0.717) is 38.5 Å². The Hall–Kier alpha value is -1.82. The zero-order valence-electron chi connectivity index (χ0n) is 11.0. The van der Waals surface area contributed by atoms with Crippen LogP contribution >= 0.6 is 0 Å². The van der Waals surface area contributed by atoms with Crippen LogP contribution in [0.4, 0.5) is 0 Å². The van der Waals surface area contributed by atoms with Crippen LogP contribution in [-0.4, -0.2) is 61.0 Å². The Balaban J connectivity index is 1.82. The normalized spacial score (nSPS) is 15.6. The Morgan fingerprint density at radius 3 is 2.53 bits per heavy atom. The van der Waals surface area contributed by atoms with Crippen LogP contribution in [0.2, 0.25) is 0 Å². The summed E-state index contributed by atoms with van der Waals surface area (Å²) in [5, 5.41) is 0. The van der Waals surface area contributed by atoms with Gasteiger partial charge in [-0.3, -0.25) is 9.59 Å². The lowest BCUT2D eigenvalue weighted by atomic mass is 10.3.